The van der Waals surface area contributed by atoms with Gasteiger partial charge in [0.25, 0.3) is 0 Å². The molecule has 0 radical (unpaired) electrons. The zero-order valence-electron chi connectivity index (χ0n) is 12.0. The maximum Gasteiger partial charge on any atom is 0.223 e. The molecule has 1 amide bonds. The summed E-state index contributed by atoms with van der Waals surface area (Å²) < 4.78 is 0. The van der Waals surface area contributed by atoms with E-state index >= 15 is 0 Å². The summed E-state index contributed by atoms with van der Waals surface area (Å²) >= 11 is 0. The van der Waals surface area contributed by atoms with Crippen molar-refractivity contribution in [1.82, 2.24) is 9.88 Å². The van der Waals surface area contributed by atoms with Gasteiger partial charge in [-0.2, -0.15) is 0 Å². The standard InChI is InChI=1S/C15H25N3O/c1-15(2)13(16)6-4-10-18(15)14(19)7-3-5-12-8-9-17-11-12/h8-9,11,13,17H,3-7,10,16H2,1-2H3. The van der Waals surface area contributed by atoms with E-state index in [9.17, 15) is 4.79 Å². The van der Waals surface area contributed by atoms with E-state index in [2.05, 4.69) is 24.9 Å². The summed E-state index contributed by atoms with van der Waals surface area (Å²) in [5.74, 6) is 0.246. The van der Waals surface area contributed by atoms with Crippen LogP contribution in [0, 0.1) is 0 Å². The summed E-state index contributed by atoms with van der Waals surface area (Å²) in [6.07, 6.45) is 8.42. The topological polar surface area (TPSA) is 62.1 Å². The number of likely N-dealkylation sites (tertiary alicyclic amines) is 1. The van der Waals surface area contributed by atoms with Crippen LogP contribution in [0.1, 0.15) is 45.1 Å². The fourth-order valence-electron chi connectivity index (χ4n) is 2.85. The molecule has 1 unspecified atom stereocenters. The van der Waals surface area contributed by atoms with E-state index in [1.165, 1.54) is 5.56 Å². The Morgan fingerprint density at radius 3 is 3.05 bits per heavy atom. The summed E-state index contributed by atoms with van der Waals surface area (Å²) in [6.45, 7) is 5.02. The Kier molecular flexibility index (Phi) is 4.30. The van der Waals surface area contributed by atoms with Crippen LogP contribution in [0.3, 0.4) is 0 Å². The van der Waals surface area contributed by atoms with Gasteiger partial charge in [0.15, 0.2) is 0 Å². The van der Waals surface area contributed by atoms with Crippen LogP contribution in [0.2, 0.25) is 0 Å². The van der Waals surface area contributed by atoms with E-state index in [4.69, 9.17) is 5.73 Å². The fourth-order valence-corrected chi connectivity index (χ4v) is 2.85. The Morgan fingerprint density at radius 1 is 1.58 bits per heavy atom. The molecule has 0 aromatic carbocycles. The quantitative estimate of drug-likeness (QED) is 0.873. The number of hydrogen-bond acceptors (Lipinski definition) is 2. The average molecular weight is 263 g/mol. The second kappa shape index (κ2) is 5.78. The lowest BCUT2D eigenvalue weighted by molar-refractivity contribution is -0.139. The van der Waals surface area contributed by atoms with Crippen LogP contribution in [0.5, 0.6) is 0 Å². The summed E-state index contributed by atoms with van der Waals surface area (Å²) in [6, 6.07) is 2.15. The Bertz CT molecular complexity index is 411. The van der Waals surface area contributed by atoms with Gasteiger partial charge < -0.3 is 15.6 Å². The van der Waals surface area contributed by atoms with Crippen molar-refractivity contribution < 1.29 is 4.79 Å². The molecule has 4 heteroatoms. The van der Waals surface area contributed by atoms with Crippen LogP contribution < -0.4 is 5.73 Å². The number of piperidine rings is 1. The SMILES string of the molecule is CC1(C)C(N)CCCN1C(=O)CCCc1cc[nH]c1. The number of hydrogen-bond donors (Lipinski definition) is 2. The second-order valence-electron chi connectivity index (χ2n) is 6.02. The normalized spacial score (nSPS) is 22.5. The van der Waals surface area contributed by atoms with Crippen LogP contribution in [0.15, 0.2) is 18.5 Å². The molecular weight excluding hydrogens is 238 g/mol. The molecule has 0 bridgehead atoms. The van der Waals surface area contributed by atoms with E-state index < -0.39 is 0 Å². The van der Waals surface area contributed by atoms with Crippen molar-refractivity contribution >= 4 is 5.91 Å². The van der Waals surface area contributed by atoms with E-state index in [-0.39, 0.29) is 17.5 Å². The number of aromatic nitrogens is 1. The predicted molar refractivity (Wildman–Crippen MR) is 76.7 cm³/mol. The second-order valence-corrected chi connectivity index (χ2v) is 6.02. The van der Waals surface area contributed by atoms with Crippen molar-refractivity contribution in [3.05, 3.63) is 24.0 Å². The average Bonchev–Trinajstić information content (AvgIpc) is 2.85. The van der Waals surface area contributed by atoms with Crippen molar-refractivity contribution in [1.29, 1.82) is 0 Å². The maximum atomic E-state index is 12.4. The summed E-state index contributed by atoms with van der Waals surface area (Å²) in [7, 11) is 0. The Hall–Kier alpha value is -1.29. The molecule has 1 atom stereocenters. The molecule has 2 heterocycles. The summed E-state index contributed by atoms with van der Waals surface area (Å²) in [5, 5.41) is 0. The number of rotatable bonds is 4. The molecular formula is C15H25N3O. The molecule has 1 fully saturated rings. The van der Waals surface area contributed by atoms with Crippen LogP contribution in [0.4, 0.5) is 0 Å². The molecule has 3 N–H and O–H groups in total. The van der Waals surface area contributed by atoms with Gasteiger partial charge in [-0.25, -0.2) is 0 Å². The van der Waals surface area contributed by atoms with E-state index in [0.717, 1.165) is 32.2 Å². The molecule has 4 nitrogen and oxygen atoms in total. The highest BCUT2D eigenvalue weighted by Crippen LogP contribution is 2.27. The molecule has 1 aromatic heterocycles. The number of carbonyl (C=O) groups excluding carboxylic acids is 1. The van der Waals surface area contributed by atoms with Gasteiger partial charge in [-0.3, -0.25) is 4.79 Å². The van der Waals surface area contributed by atoms with Gasteiger partial charge in [-0.1, -0.05) is 0 Å². The fraction of sp³-hybridized carbons (Fsp3) is 0.667. The lowest BCUT2D eigenvalue weighted by atomic mass is 9.85. The van der Waals surface area contributed by atoms with Gasteiger partial charge >= 0.3 is 0 Å². The van der Waals surface area contributed by atoms with Crippen LogP contribution in [-0.4, -0.2) is 33.9 Å². The minimum Gasteiger partial charge on any atom is -0.367 e. The Morgan fingerprint density at radius 2 is 2.37 bits per heavy atom. The van der Waals surface area contributed by atoms with Gasteiger partial charge in [0.05, 0.1) is 5.54 Å². The van der Waals surface area contributed by atoms with E-state index in [1.54, 1.807) is 0 Å². The molecule has 0 spiro atoms. The van der Waals surface area contributed by atoms with Crippen molar-refractivity contribution in [2.45, 2.75) is 57.5 Å². The van der Waals surface area contributed by atoms with Crippen LogP contribution >= 0.6 is 0 Å². The first-order valence-electron chi connectivity index (χ1n) is 7.19. The summed E-state index contributed by atoms with van der Waals surface area (Å²) in [5.41, 5.74) is 7.21. The summed E-state index contributed by atoms with van der Waals surface area (Å²) in [4.78, 5) is 17.4. The molecule has 1 aliphatic rings. The molecule has 106 valence electrons. The van der Waals surface area contributed by atoms with E-state index in [1.807, 2.05) is 17.3 Å². The number of nitrogens with zero attached hydrogens (tertiary/aromatic N) is 1. The zero-order valence-corrected chi connectivity index (χ0v) is 12.0. The predicted octanol–water partition coefficient (Wildman–Crippen LogP) is 2.07. The minimum absolute atomic E-state index is 0.0925. The molecule has 0 saturated carbocycles. The van der Waals surface area contributed by atoms with Gasteiger partial charge in [-0.15, -0.1) is 0 Å². The molecule has 1 saturated heterocycles. The van der Waals surface area contributed by atoms with E-state index in [0.29, 0.717) is 6.42 Å². The lowest BCUT2D eigenvalue weighted by Crippen LogP contribution is -2.61. The smallest absolute Gasteiger partial charge is 0.223 e. The first kappa shape index (κ1) is 14.1. The highest BCUT2D eigenvalue weighted by atomic mass is 16.2. The number of aromatic amines is 1. The Balaban J connectivity index is 1.85. The van der Waals surface area contributed by atoms with Crippen molar-refractivity contribution in [2.75, 3.05) is 6.54 Å². The zero-order chi connectivity index (χ0) is 13.9. The van der Waals surface area contributed by atoms with Gasteiger partial charge in [0, 0.05) is 31.4 Å². The number of H-pyrrole nitrogens is 1. The van der Waals surface area contributed by atoms with Gasteiger partial charge in [0.1, 0.15) is 0 Å². The molecule has 0 aliphatic carbocycles. The number of amides is 1. The largest absolute Gasteiger partial charge is 0.367 e. The maximum absolute atomic E-state index is 12.4. The molecule has 1 aliphatic heterocycles. The monoisotopic (exact) mass is 263 g/mol. The minimum atomic E-state index is -0.205. The van der Waals surface area contributed by atoms with Crippen LogP contribution in [-0.2, 0) is 11.2 Å². The van der Waals surface area contributed by atoms with Crippen molar-refractivity contribution in [2.24, 2.45) is 5.73 Å². The highest BCUT2D eigenvalue weighted by molar-refractivity contribution is 5.77. The van der Waals surface area contributed by atoms with Crippen molar-refractivity contribution in [3.63, 3.8) is 0 Å². The van der Waals surface area contributed by atoms with Gasteiger partial charge in [0.2, 0.25) is 5.91 Å². The number of aryl methyl sites for hydroxylation is 1. The number of nitrogens with one attached hydrogen (secondary N) is 1. The van der Waals surface area contributed by atoms with Gasteiger partial charge in [-0.05, 0) is 51.2 Å². The third kappa shape index (κ3) is 3.18. The molecule has 1 aromatic rings. The molecule has 2 rings (SSSR count). The third-order valence-corrected chi connectivity index (χ3v) is 4.32. The first-order chi connectivity index (χ1) is 9.01. The number of carbonyl (C=O) groups is 1. The first-order valence-corrected chi connectivity index (χ1v) is 7.19. The third-order valence-electron chi connectivity index (χ3n) is 4.32. The van der Waals surface area contributed by atoms with Crippen molar-refractivity contribution in [3.8, 4) is 0 Å². The molecule has 19 heavy (non-hydrogen) atoms. The lowest BCUT2D eigenvalue weighted by Gasteiger charge is -2.46. The Labute approximate surface area is 115 Å². The highest BCUT2D eigenvalue weighted by Gasteiger charge is 2.38. The number of nitrogens with two attached hydrogens (primary N) is 1. The van der Waals surface area contributed by atoms with Crippen LogP contribution in [0.25, 0.3) is 0 Å².